The van der Waals surface area contributed by atoms with Crippen LogP contribution in [0.25, 0.3) is 0 Å². The summed E-state index contributed by atoms with van der Waals surface area (Å²) in [4.78, 5) is 0. The van der Waals surface area contributed by atoms with Gasteiger partial charge in [-0.15, -0.1) is 0 Å². The van der Waals surface area contributed by atoms with Gasteiger partial charge in [0.2, 0.25) is 0 Å². The minimum Gasteiger partial charge on any atom is -0.484 e. The monoisotopic (exact) mass is 234 g/mol. The second-order valence-electron chi connectivity index (χ2n) is 4.63. The average Bonchev–Trinajstić information content (AvgIpc) is 2.38. The van der Waals surface area contributed by atoms with Gasteiger partial charge in [0.05, 0.1) is 0 Å². The van der Waals surface area contributed by atoms with Crippen LogP contribution in [0.1, 0.15) is 39.2 Å². The maximum absolute atomic E-state index is 6.26. The Morgan fingerprint density at radius 1 is 1.24 bits per heavy atom. The maximum Gasteiger partial charge on any atom is 0.135 e. The van der Waals surface area contributed by atoms with Crippen LogP contribution in [0.3, 0.4) is 0 Å². The first-order valence-electron chi connectivity index (χ1n) is 6.64. The molecule has 17 heavy (non-hydrogen) atoms. The molecule has 0 saturated carbocycles. The van der Waals surface area contributed by atoms with E-state index in [0.717, 1.165) is 31.6 Å². The zero-order valence-corrected chi connectivity index (χ0v) is 11.0. The molecule has 0 aromatic heterocycles. The van der Waals surface area contributed by atoms with Gasteiger partial charge in [0.15, 0.2) is 0 Å². The molecule has 2 heteroatoms. The summed E-state index contributed by atoms with van der Waals surface area (Å²) in [5, 5.41) is 0. The van der Waals surface area contributed by atoms with Crippen LogP contribution in [-0.4, -0.2) is 18.3 Å². The van der Waals surface area contributed by atoms with E-state index < -0.39 is 0 Å². The molecule has 2 nitrogen and oxygen atoms in total. The standard InChI is InChI=1S/C15H22O2/c1-4-15(5-2)14(16-6-3)11-12-9-7-8-10-13(12)17-15/h7-10,14H,4-6,11H2,1-3H3. The van der Waals surface area contributed by atoms with Crippen molar-refractivity contribution < 1.29 is 9.47 Å². The van der Waals surface area contributed by atoms with E-state index >= 15 is 0 Å². The van der Waals surface area contributed by atoms with Gasteiger partial charge in [-0.25, -0.2) is 0 Å². The molecule has 1 aromatic carbocycles. The van der Waals surface area contributed by atoms with Gasteiger partial charge in [0.1, 0.15) is 17.5 Å². The lowest BCUT2D eigenvalue weighted by atomic mass is 9.83. The van der Waals surface area contributed by atoms with E-state index in [1.165, 1.54) is 5.56 Å². The summed E-state index contributed by atoms with van der Waals surface area (Å²) in [7, 11) is 0. The van der Waals surface area contributed by atoms with Gasteiger partial charge in [-0.05, 0) is 31.4 Å². The second kappa shape index (κ2) is 5.09. The van der Waals surface area contributed by atoms with Gasteiger partial charge in [0.25, 0.3) is 0 Å². The molecule has 1 heterocycles. The maximum atomic E-state index is 6.26. The third-order valence-electron chi connectivity index (χ3n) is 3.84. The van der Waals surface area contributed by atoms with E-state index in [2.05, 4.69) is 39.0 Å². The van der Waals surface area contributed by atoms with Crippen LogP contribution in [0, 0.1) is 0 Å². The van der Waals surface area contributed by atoms with Crippen molar-refractivity contribution in [2.45, 2.75) is 51.7 Å². The quantitative estimate of drug-likeness (QED) is 0.792. The van der Waals surface area contributed by atoms with Crippen molar-refractivity contribution in [2.24, 2.45) is 0 Å². The Hall–Kier alpha value is -1.02. The molecule has 0 fully saturated rings. The SMILES string of the molecule is CCOC1Cc2ccccc2OC1(CC)CC. The summed E-state index contributed by atoms with van der Waals surface area (Å²) in [5.41, 5.74) is 1.12. The van der Waals surface area contributed by atoms with Crippen LogP contribution in [0.15, 0.2) is 24.3 Å². The molecule has 0 bridgehead atoms. The van der Waals surface area contributed by atoms with Crippen LogP contribution in [0.5, 0.6) is 5.75 Å². The predicted octanol–water partition coefficient (Wildman–Crippen LogP) is 3.59. The molecule has 1 atom stereocenters. The molecule has 0 amide bonds. The smallest absolute Gasteiger partial charge is 0.135 e. The molecule has 1 unspecified atom stereocenters. The Kier molecular flexibility index (Phi) is 3.72. The molecule has 0 radical (unpaired) electrons. The lowest BCUT2D eigenvalue weighted by Gasteiger charge is -2.43. The minimum absolute atomic E-state index is 0.148. The first-order chi connectivity index (χ1) is 8.25. The Morgan fingerprint density at radius 3 is 2.59 bits per heavy atom. The normalized spacial score (nSPS) is 21.7. The lowest BCUT2D eigenvalue weighted by Crippen LogP contribution is -2.51. The third-order valence-corrected chi connectivity index (χ3v) is 3.84. The summed E-state index contributed by atoms with van der Waals surface area (Å²) < 4.78 is 12.2. The van der Waals surface area contributed by atoms with Crippen molar-refractivity contribution in [1.82, 2.24) is 0 Å². The summed E-state index contributed by atoms with van der Waals surface area (Å²) in [6, 6.07) is 8.31. The minimum atomic E-state index is -0.148. The van der Waals surface area contributed by atoms with E-state index in [-0.39, 0.29) is 11.7 Å². The van der Waals surface area contributed by atoms with Crippen molar-refractivity contribution in [3.05, 3.63) is 29.8 Å². The molecule has 1 aliphatic heterocycles. The third kappa shape index (κ3) is 2.19. The Balaban J connectivity index is 2.33. The predicted molar refractivity (Wildman–Crippen MR) is 69.5 cm³/mol. The van der Waals surface area contributed by atoms with E-state index in [4.69, 9.17) is 9.47 Å². The van der Waals surface area contributed by atoms with Gasteiger partial charge in [-0.2, -0.15) is 0 Å². The van der Waals surface area contributed by atoms with E-state index in [9.17, 15) is 0 Å². The highest BCUT2D eigenvalue weighted by Gasteiger charge is 2.42. The molecule has 94 valence electrons. The van der Waals surface area contributed by atoms with Crippen molar-refractivity contribution in [1.29, 1.82) is 0 Å². The zero-order valence-electron chi connectivity index (χ0n) is 11.0. The number of para-hydroxylation sites is 1. The van der Waals surface area contributed by atoms with Gasteiger partial charge in [-0.1, -0.05) is 32.0 Å². The highest BCUT2D eigenvalue weighted by atomic mass is 16.6. The molecule has 0 saturated heterocycles. The first-order valence-corrected chi connectivity index (χ1v) is 6.64. The number of hydrogen-bond donors (Lipinski definition) is 0. The molecule has 1 aliphatic rings. The highest BCUT2D eigenvalue weighted by Crippen LogP contribution is 2.38. The van der Waals surface area contributed by atoms with E-state index in [1.54, 1.807) is 0 Å². The van der Waals surface area contributed by atoms with Gasteiger partial charge in [0, 0.05) is 13.0 Å². The lowest BCUT2D eigenvalue weighted by molar-refractivity contribution is -0.104. The Bertz CT molecular complexity index is 369. The van der Waals surface area contributed by atoms with Gasteiger partial charge in [-0.3, -0.25) is 0 Å². The largest absolute Gasteiger partial charge is 0.484 e. The number of ether oxygens (including phenoxy) is 2. The molecule has 2 rings (SSSR count). The van der Waals surface area contributed by atoms with Crippen LogP contribution in [-0.2, 0) is 11.2 Å². The fourth-order valence-corrected chi connectivity index (χ4v) is 2.70. The summed E-state index contributed by atoms with van der Waals surface area (Å²) in [5.74, 6) is 1.03. The topological polar surface area (TPSA) is 18.5 Å². The molecular weight excluding hydrogens is 212 g/mol. The average molecular weight is 234 g/mol. The number of hydrogen-bond acceptors (Lipinski definition) is 2. The van der Waals surface area contributed by atoms with Crippen LogP contribution in [0.2, 0.25) is 0 Å². The van der Waals surface area contributed by atoms with Gasteiger partial charge < -0.3 is 9.47 Å². The van der Waals surface area contributed by atoms with E-state index in [0.29, 0.717) is 0 Å². The molecule has 1 aromatic rings. The fourth-order valence-electron chi connectivity index (χ4n) is 2.70. The molecule has 0 N–H and O–H groups in total. The highest BCUT2D eigenvalue weighted by molar-refractivity contribution is 5.37. The van der Waals surface area contributed by atoms with Crippen molar-refractivity contribution >= 4 is 0 Å². The van der Waals surface area contributed by atoms with Crippen LogP contribution in [0.4, 0.5) is 0 Å². The summed E-state index contributed by atoms with van der Waals surface area (Å²) >= 11 is 0. The Labute approximate surface area is 104 Å². The summed E-state index contributed by atoms with van der Waals surface area (Å²) in [6.07, 6.45) is 3.12. The van der Waals surface area contributed by atoms with Crippen molar-refractivity contribution in [2.75, 3.05) is 6.61 Å². The molecular formula is C15H22O2. The van der Waals surface area contributed by atoms with Gasteiger partial charge >= 0.3 is 0 Å². The van der Waals surface area contributed by atoms with Crippen molar-refractivity contribution in [3.63, 3.8) is 0 Å². The van der Waals surface area contributed by atoms with Crippen LogP contribution >= 0.6 is 0 Å². The number of benzene rings is 1. The summed E-state index contributed by atoms with van der Waals surface area (Å²) in [6.45, 7) is 7.17. The molecule has 0 spiro atoms. The Morgan fingerprint density at radius 2 is 1.94 bits per heavy atom. The molecule has 0 aliphatic carbocycles. The second-order valence-corrected chi connectivity index (χ2v) is 4.63. The van der Waals surface area contributed by atoms with E-state index in [1.807, 2.05) is 6.07 Å². The number of rotatable bonds is 4. The fraction of sp³-hybridized carbons (Fsp3) is 0.600. The van der Waals surface area contributed by atoms with Crippen LogP contribution < -0.4 is 4.74 Å². The zero-order chi connectivity index (χ0) is 12.3. The van der Waals surface area contributed by atoms with Crippen molar-refractivity contribution in [3.8, 4) is 5.75 Å². The first kappa shape index (κ1) is 12.4. The number of fused-ring (bicyclic) bond motifs is 1.